The molecule has 5 heteroatoms. The summed E-state index contributed by atoms with van der Waals surface area (Å²) >= 11 is 0. The standard InChI is InChI=1S/C22H21NO4/c1-26-16-13-11-15(12-14-16)21(24)17-7-3-4-8-18(17)22(25)23-19-9-5-6-10-20(19)27-2/h3-14,21,24H,1-2H3,(H,23,25). The maximum absolute atomic E-state index is 12.8. The molecule has 0 spiro atoms. The quantitative estimate of drug-likeness (QED) is 0.694. The molecule has 5 nitrogen and oxygen atoms in total. The van der Waals surface area contributed by atoms with Crippen LogP contribution in [0.15, 0.2) is 72.8 Å². The zero-order valence-electron chi connectivity index (χ0n) is 15.2. The van der Waals surface area contributed by atoms with Crippen molar-refractivity contribution in [3.8, 4) is 11.5 Å². The molecule has 1 unspecified atom stereocenters. The largest absolute Gasteiger partial charge is 0.497 e. The molecule has 0 saturated carbocycles. The van der Waals surface area contributed by atoms with Crippen LogP contribution in [0.2, 0.25) is 0 Å². The molecule has 0 aliphatic carbocycles. The van der Waals surface area contributed by atoms with Gasteiger partial charge in [-0.15, -0.1) is 0 Å². The Morgan fingerprint density at radius 3 is 2.26 bits per heavy atom. The Hall–Kier alpha value is -3.31. The number of aliphatic hydroxyl groups is 1. The zero-order chi connectivity index (χ0) is 19.2. The van der Waals surface area contributed by atoms with Crippen molar-refractivity contribution in [2.24, 2.45) is 0 Å². The van der Waals surface area contributed by atoms with E-state index in [4.69, 9.17) is 9.47 Å². The molecule has 0 aromatic heterocycles. The molecule has 0 radical (unpaired) electrons. The summed E-state index contributed by atoms with van der Waals surface area (Å²) < 4.78 is 10.4. The lowest BCUT2D eigenvalue weighted by molar-refractivity contribution is 0.102. The summed E-state index contributed by atoms with van der Waals surface area (Å²) in [4.78, 5) is 12.8. The number of aliphatic hydroxyl groups excluding tert-OH is 1. The van der Waals surface area contributed by atoms with Crippen LogP contribution in [0.3, 0.4) is 0 Å². The molecule has 3 aromatic rings. The number of rotatable bonds is 6. The van der Waals surface area contributed by atoms with Gasteiger partial charge in [0.15, 0.2) is 0 Å². The van der Waals surface area contributed by atoms with Gasteiger partial charge in [0.05, 0.1) is 19.9 Å². The van der Waals surface area contributed by atoms with Gasteiger partial charge in [0.25, 0.3) is 5.91 Å². The molecule has 2 N–H and O–H groups in total. The Balaban J connectivity index is 1.89. The van der Waals surface area contributed by atoms with Gasteiger partial charge in [0.1, 0.15) is 17.6 Å². The van der Waals surface area contributed by atoms with Gasteiger partial charge in [-0.3, -0.25) is 4.79 Å². The molecular formula is C22H21NO4. The van der Waals surface area contributed by atoms with Crippen LogP contribution in [0.25, 0.3) is 0 Å². The first-order valence-electron chi connectivity index (χ1n) is 8.49. The lowest BCUT2D eigenvalue weighted by atomic mass is 9.96. The van der Waals surface area contributed by atoms with Crippen LogP contribution in [-0.2, 0) is 0 Å². The number of amides is 1. The third kappa shape index (κ3) is 4.10. The van der Waals surface area contributed by atoms with E-state index in [1.54, 1.807) is 74.9 Å². The molecule has 3 aromatic carbocycles. The SMILES string of the molecule is COc1ccc(C(O)c2ccccc2C(=O)Nc2ccccc2OC)cc1. The van der Waals surface area contributed by atoms with Crippen molar-refractivity contribution in [2.45, 2.75) is 6.10 Å². The summed E-state index contributed by atoms with van der Waals surface area (Å²) in [7, 11) is 3.13. The van der Waals surface area contributed by atoms with Crippen molar-refractivity contribution in [1.29, 1.82) is 0 Å². The minimum atomic E-state index is -0.935. The molecule has 27 heavy (non-hydrogen) atoms. The molecule has 0 aliphatic rings. The highest BCUT2D eigenvalue weighted by atomic mass is 16.5. The minimum absolute atomic E-state index is 0.317. The average molecular weight is 363 g/mol. The third-order valence-corrected chi connectivity index (χ3v) is 4.29. The highest BCUT2D eigenvalue weighted by Crippen LogP contribution is 2.28. The van der Waals surface area contributed by atoms with Gasteiger partial charge in [-0.05, 0) is 41.5 Å². The summed E-state index contributed by atoms with van der Waals surface area (Å²) in [5.41, 5.74) is 2.16. The fourth-order valence-corrected chi connectivity index (χ4v) is 2.85. The number of carbonyl (C=O) groups excluding carboxylic acids is 1. The second-order valence-corrected chi connectivity index (χ2v) is 5.92. The fourth-order valence-electron chi connectivity index (χ4n) is 2.85. The Morgan fingerprint density at radius 2 is 1.56 bits per heavy atom. The van der Waals surface area contributed by atoms with E-state index >= 15 is 0 Å². The summed E-state index contributed by atoms with van der Waals surface area (Å²) in [6, 6.07) is 21.3. The first-order chi connectivity index (χ1) is 13.1. The summed E-state index contributed by atoms with van der Waals surface area (Å²) in [5.74, 6) is 0.954. The van der Waals surface area contributed by atoms with Crippen molar-refractivity contribution in [1.82, 2.24) is 0 Å². The number of anilines is 1. The molecule has 1 atom stereocenters. The first kappa shape index (κ1) is 18.5. The van der Waals surface area contributed by atoms with E-state index in [2.05, 4.69) is 5.32 Å². The second-order valence-electron chi connectivity index (χ2n) is 5.92. The van der Waals surface area contributed by atoms with E-state index in [-0.39, 0.29) is 5.91 Å². The Morgan fingerprint density at radius 1 is 0.889 bits per heavy atom. The smallest absolute Gasteiger partial charge is 0.256 e. The first-order valence-corrected chi connectivity index (χ1v) is 8.49. The normalized spacial score (nSPS) is 11.5. The van der Waals surface area contributed by atoms with Crippen LogP contribution in [0, 0.1) is 0 Å². The molecule has 1 amide bonds. The van der Waals surface area contributed by atoms with Gasteiger partial charge >= 0.3 is 0 Å². The van der Waals surface area contributed by atoms with Crippen LogP contribution in [-0.4, -0.2) is 25.2 Å². The fraction of sp³-hybridized carbons (Fsp3) is 0.136. The summed E-state index contributed by atoms with van der Waals surface area (Å²) in [6.45, 7) is 0. The Bertz CT molecular complexity index is 922. The number of carbonyl (C=O) groups is 1. The maximum atomic E-state index is 12.8. The lowest BCUT2D eigenvalue weighted by Crippen LogP contribution is -2.16. The summed E-state index contributed by atoms with van der Waals surface area (Å²) in [5, 5.41) is 13.7. The van der Waals surface area contributed by atoms with Gasteiger partial charge in [-0.25, -0.2) is 0 Å². The monoisotopic (exact) mass is 363 g/mol. The zero-order valence-corrected chi connectivity index (χ0v) is 15.2. The molecule has 0 saturated heterocycles. The van der Waals surface area contributed by atoms with Crippen LogP contribution in [0.1, 0.15) is 27.6 Å². The molecule has 0 aliphatic heterocycles. The predicted octanol–water partition coefficient (Wildman–Crippen LogP) is 4.04. The molecule has 3 rings (SSSR count). The van der Waals surface area contributed by atoms with E-state index in [0.29, 0.717) is 33.9 Å². The third-order valence-electron chi connectivity index (χ3n) is 4.29. The van der Waals surface area contributed by atoms with Crippen molar-refractivity contribution in [2.75, 3.05) is 19.5 Å². The molecular weight excluding hydrogens is 342 g/mol. The van der Waals surface area contributed by atoms with Crippen LogP contribution < -0.4 is 14.8 Å². The minimum Gasteiger partial charge on any atom is -0.497 e. The van der Waals surface area contributed by atoms with Gasteiger partial charge in [0, 0.05) is 5.56 Å². The van der Waals surface area contributed by atoms with Crippen molar-refractivity contribution in [3.63, 3.8) is 0 Å². The van der Waals surface area contributed by atoms with E-state index in [0.717, 1.165) is 0 Å². The van der Waals surface area contributed by atoms with E-state index in [1.165, 1.54) is 0 Å². The van der Waals surface area contributed by atoms with Crippen LogP contribution in [0.5, 0.6) is 11.5 Å². The topological polar surface area (TPSA) is 67.8 Å². The Kier molecular flexibility index (Phi) is 5.74. The van der Waals surface area contributed by atoms with Crippen LogP contribution in [0.4, 0.5) is 5.69 Å². The number of methoxy groups -OCH3 is 2. The van der Waals surface area contributed by atoms with E-state index in [1.807, 2.05) is 12.1 Å². The van der Waals surface area contributed by atoms with Crippen molar-refractivity contribution >= 4 is 11.6 Å². The number of benzene rings is 3. The molecule has 0 bridgehead atoms. The highest BCUT2D eigenvalue weighted by molar-refractivity contribution is 6.06. The number of ether oxygens (including phenoxy) is 2. The van der Waals surface area contributed by atoms with Gasteiger partial charge in [-0.1, -0.05) is 42.5 Å². The molecule has 0 fully saturated rings. The number of hydrogen-bond donors (Lipinski definition) is 2. The van der Waals surface area contributed by atoms with Gasteiger partial charge in [0.2, 0.25) is 0 Å². The number of nitrogens with one attached hydrogen (secondary N) is 1. The lowest BCUT2D eigenvalue weighted by Gasteiger charge is -2.17. The molecule has 0 heterocycles. The predicted molar refractivity (Wildman–Crippen MR) is 104 cm³/mol. The van der Waals surface area contributed by atoms with Gasteiger partial charge in [-0.2, -0.15) is 0 Å². The Labute approximate surface area is 158 Å². The average Bonchev–Trinajstić information content (AvgIpc) is 2.73. The maximum Gasteiger partial charge on any atom is 0.256 e. The van der Waals surface area contributed by atoms with Crippen molar-refractivity contribution < 1.29 is 19.4 Å². The van der Waals surface area contributed by atoms with Gasteiger partial charge < -0.3 is 19.9 Å². The number of para-hydroxylation sites is 2. The van der Waals surface area contributed by atoms with E-state index < -0.39 is 6.10 Å². The summed E-state index contributed by atoms with van der Waals surface area (Å²) in [6.07, 6.45) is -0.935. The second kappa shape index (κ2) is 8.38. The van der Waals surface area contributed by atoms with Crippen LogP contribution >= 0.6 is 0 Å². The number of hydrogen-bond acceptors (Lipinski definition) is 4. The molecule has 138 valence electrons. The highest BCUT2D eigenvalue weighted by Gasteiger charge is 2.19. The van der Waals surface area contributed by atoms with E-state index in [9.17, 15) is 9.90 Å². The van der Waals surface area contributed by atoms with Crippen molar-refractivity contribution in [3.05, 3.63) is 89.5 Å².